The maximum Gasteiger partial charge on any atom is 0.281 e. The molecule has 1 fully saturated rings. The molecule has 1 amide bonds. The molecule has 2 N–H and O–H groups in total. The fraction of sp³-hybridized carbons (Fsp3) is 0.292. The van der Waals surface area contributed by atoms with E-state index in [1.54, 1.807) is 12.3 Å². The van der Waals surface area contributed by atoms with E-state index in [-0.39, 0.29) is 16.9 Å². The fourth-order valence-corrected chi connectivity index (χ4v) is 5.29. The van der Waals surface area contributed by atoms with Crippen LogP contribution < -0.4 is 14.9 Å². The molecule has 1 aromatic carbocycles. The zero-order chi connectivity index (χ0) is 25.4. The lowest BCUT2D eigenvalue weighted by Crippen LogP contribution is -2.41. The molecular formula is C24H25F2N5O3S. The van der Waals surface area contributed by atoms with Gasteiger partial charge in [-0.2, -0.15) is 8.42 Å². The third kappa shape index (κ3) is 5.09. The average Bonchev–Trinajstić information content (AvgIpc) is 3.08. The minimum atomic E-state index is -4.41. The van der Waals surface area contributed by atoms with Gasteiger partial charge in [0, 0.05) is 18.3 Å². The van der Waals surface area contributed by atoms with Crippen molar-refractivity contribution < 1.29 is 22.0 Å². The monoisotopic (exact) mass is 501 g/mol. The smallest absolute Gasteiger partial charge is 0.281 e. The Bertz CT molecular complexity index is 1360. The number of rotatable bonds is 6. The molecule has 35 heavy (non-hydrogen) atoms. The van der Waals surface area contributed by atoms with Gasteiger partial charge in [-0.25, -0.2) is 23.5 Å². The van der Waals surface area contributed by atoms with Crippen LogP contribution in [0.15, 0.2) is 59.8 Å². The summed E-state index contributed by atoms with van der Waals surface area (Å²) in [5.41, 5.74) is -0.618. The maximum atomic E-state index is 14.0. The molecule has 3 heterocycles. The molecule has 184 valence electrons. The molecule has 0 spiro atoms. The van der Waals surface area contributed by atoms with Crippen molar-refractivity contribution in [3.05, 3.63) is 71.9 Å². The van der Waals surface area contributed by atoms with Crippen molar-refractivity contribution in [2.24, 2.45) is 5.92 Å². The number of hydrogen-bond donors (Lipinski definition) is 2. The Kier molecular flexibility index (Phi) is 6.46. The SMILES string of the molecule is CC1CN(c2ncccc2C(=O)NS(=O)(=O)c2cccc(Nc3c(F)cccc3F)n2)C(C)(C)C1. The van der Waals surface area contributed by atoms with Crippen LogP contribution in [0.5, 0.6) is 0 Å². The number of benzene rings is 1. The summed E-state index contributed by atoms with van der Waals surface area (Å²) in [6.07, 6.45) is 2.45. The number of anilines is 3. The molecule has 1 unspecified atom stereocenters. The number of pyridine rings is 2. The van der Waals surface area contributed by atoms with E-state index in [1.807, 2.05) is 23.5 Å². The Balaban J connectivity index is 1.59. The van der Waals surface area contributed by atoms with Gasteiger partial charge in [-0.1, -0.05) is 19.1 Å². The van der Waals surface area contributed by atoms with Crippen LogP contribution in [-0.4, -0.2) is 36.4 Å². The fourth-order valence-electron chi connectivity index (χ4n) is 4.36. The van der Waals surface area contributed by atoms with Crippen molar-refractivity contribution in [3.63, 3.8) is 0 Å². The standard InChI is InChI=1S/C24H25F2N5O3S/c1-15-13-24(2,3)31(14-15)22-16(7-6-12-27-22)23(32)30-35(33,34)20-11-5-10-19(28-20)29-21-17(25)8-4-9-18(21)26/h4-12,15H,13-14H2,1-3H3,(H,28,29)(H,30,32). The van der Waals surface area contributed by atoms with E-state index in [4.69, 9.17) is 0 Å². The van der Waals surface area contributed by atoms with Gasteiger partial charge in [0.1, 0.15) is 29.0 Å². The van der Waals surface area contributed by atoms with Crippen molar-refractivity contribution in [1.29, 1.82) is 0 Å². The van der Waals surface area contributed by atoms with E-state index in [2.05, 4.69) is 22.2 Å². The first-order chi connectivity index (χ1) is 16.5. The number of sulfonamides is 1. The molecule has 1 atom stereocenters. The first kappa shape index (κ1) is 24.5. The largest absolute Gasteiger partial charge is 0.351 e. The number of carbonyl (C=O) groups excluding carboxylic acids is 1. The van der Waals surface area contributed by atoms with Crippen LogP contribution in [0.1, 0.15) is 37.6 Å². The first-order valence-electron chi connectivity index (χ1n) is 11.0. The van der Waals surface area contributed by atoms with Gasteiger partial charge in [-0.05, 0) is 62.6 Å². The highest BCUT2D eigenvalue weighted by Crippen LogP contribution is 2.37. The number of aromatic nitrogens is 2. The predicted octanol–water partition coefficient (Wildman–Crippen LogP) is 4.24. The second kappa shape index (κ2) is 9.21. The Labute approximate surface area is 202 Å². The van der Waals surface area contributed by atoms with E-state index in [1.165, 1.54) is 30.3 Å². The predicted molar refractivity (Wildman–Crippen MR) is 128 cm³/mol. The summed E-state index contributed by atoms with van der Waals surface area (Å²) >= 11 is 0. The van der Waals surface area contributed by atoms with Crippen LogP contribution >= 0.6 is 0 Å². The third-order valence-corrected chi connectivity index (χ3v) is 7.03. The van der Waals surface area contributed by atoms with Gasteiger partial charge < -0.3 is 10.2 Å². The minimum Gasteiger partial charge on any atom is -0.351 e. The molecular weight excluding hydrogens is 476 g/mol. The van der Waals surface area contributed by atoms with E-state index in [0.717, 1.165) is 18.6 Å². The summed E-state index contributed by atoms with van der Waals surface area (Å²) < 4.78 is 55.9. The molecule has 0 bridgehead atoms. The zero-order valence-electron chi connectivity index (χ0n) is 19.4. The van der Waals surface area contributed by atoms with E-state index in [0.29, 0.717) is 18.3 Å². The summed E-state index contributed by atoms with van der Waals surface area (Å²) in [6, 6.07) is 10.3. The van der Waals surface area contributed by atoms with Gasteiger partial charge in [0.05, 0.1) is 5.56 Å². The van der Waals surface area contributed by atoms with Gasteiger partial charge in [0.25, 0.3) is 15.9 Å². The van der Waals surface area contributed by atoms with Gasteiger partial charge in [0.15, 0.2) is 5.03 Å². The second-order valence-electron chi connectivity index (χ2n) is 9.12. The normalized spacial score (nSPS) is 17.3. The Morgan fingerprint density at radius 3 is 2.43 bits per heavy atom. The number of nitrogens with zero attached hydrogens (tertiary/aromatic N) is 3. The molecule has 1 saturated heterocycles. The molecule has 8 nitrogen and oxygen atoms in total. The maximum absolute atomic E-state index is 14.0. The summed E-state index contributed by atoms with van der Waals surface area (Å²) in [5, 5.41) is 1.95. The lowest BCUT2D eigenvalue weighted by atomic mass is 9.97. The third-order valence-electron chi connectivity index (χ3n) is 5.80. The average molecular weight is 502 g/mol. The summed E-state index contributed by atoms with van der Waals surface area (Å²) in [4.78, 5) is 23.4. The molecule has 4 rings (SSSR count). The van der Waals surface area contributed by atoms with Crippen molar-refractivity contribution in [1.82, 2.24) is 14.7 Å². The van der Waals surface area contributed by atoms with Crippen LogP contribution in [0.4, 0.5) is 26.1 Å². The molecule has 1 aliphatic heterocycles. The highest BCUT2D eigenvalue weighted by molar-refractivity contribution is 7.90. The van der Waals surface area contributed by atoms with E-state index in [9.17, 15) is 22.0 Å². The number of carbonyl (C=O) groups is 1. The van der Waals surface area contributed by atoms with Crippen molar-refractivity contribution >= 4 is 33.3 Å². The van der Waals surface area contributed by atoms with E-state index >= 15 is 0 Å². The number of hydrogen-bond acceptors (Lipinski definition) is 7. The minimum absolute atomic E-state index is 0.112. The quantitative estimate of drug-likeness (QED) is 0.521. The number of nitrogens with one attached hydrogen (secondary N) is 2. The van der Waals surface area contributed by atoms with Crippen molar-refractivity contribution in [3.8, 4) is 0 Å². The Morgan fingerprint density at radius 2 is 1.77 bits per heavy atom. The lowest BCUT2D eigenvalue weighted by Gasteiger charge is -2.33. The summed E-state index contributed by atoms with van der Waals surface area (Å²) in [7, 11) is -4.41. The van der Waals surface area contributed by atoms with Crippen LogP contribution in [0.2, 0.25) is 0 Å². The van der Waals surface area contributed by atoms with Gasteiger partial charge >= 0.3 is 0 Å². The van der Waals surface area contributed by atoms with E-state index < -0.39 is 38.3 Å². The van der Waals surface area contributed by atoms with Gasteiger partial charge in [-0.15, -0.1) is 0 Å². The second-order valence-corrected chi connectivity index (χ2v) is 10.8. The molecule has 0 saturated carbocycles. The number of amides is 1. The van der Waals surface area contributed by atoms with Crippen molar-refractivity contribution in [2.75, 3.05) is 16.8 Å². The highest BCUT2D eigenvalue weighted by atomic mass is 32.2. The highest BCUT2D eigenvalue weighted by Gasteiger charge is 2.39. The van der Waals surface area contributed by atoms with Gasteiger partial charge in [-0.3, -0.25) is 4.79 Å². The lowest BCUT2D eigenvalue weighted by molar-refractivity contribution is 0.0981. The molecule has 3 aromatic rings. The van der Waals surface area contributed by atoms with Crippen LogP contribution in [0.25, 0.3) is 0 Å². The zero-order valence-corrected chi connectivity index (χ0v) is 20.2. The summed E-state index contributed by atoms with van der Waals surface area (Å²) in [5.74, 6) is -1.92. The molecule has 1 aliphatic rings. The molecule has 0 aliphatic carbocycles. The molecule has 2 aromatic heterocycles. The molecule has 0 radical (unpaired) electrons. The van der Waals surface area contributed by atoms with Crippen LogP contribution in [0.3, 0.4) is 0 Å². The topological polar surface area (TPSA) is 104 Å². The van der Waals surface area contributed by atoms with Crippen molar-refractivity contribution in [2.45, 2.75) is 37.8 Å². The molecule has 11 heteroatoms. The number of halogens is 2. The Morgan fingerprint density at radius 1 is 1.09 bits per heavy atom. The van der Waals surface area contributed by atoms with Gasteiger partial charge in [0.2, 0.25) is 0 Å². The van der Waals surface area contributed by atoms with Crippen LogP contribution in [0, 0.1) is 17.6 Å². The summed E-state index contributed by atoms with van der Waals surface area (Å²) in [6.45, 7) is 6.88. The number of para-hydroxylation sites is 1. The Hall–Kier alpha value is -3.60. The first-order valence-corrected chi connectivity index (χ1v) is 12.4. The van der Waals surface area contributed by atoms with Crippen LogP contribution in [-0.2, 0) is 10.0 Å².